The molecule has 0 radical (unpaired) electrons. The predicted octanol–water partition coefficient (Wildman–Crippen LogP) is 1.53. The fraction of sp³-hybridized carbons (Fsp3) is 0.435. The number of nitrogens with one attached hydrogen (secondary N) is 1. The third-order valence-electron chi connectivity index (χ3n) is 5.53. The number of carbonyl (C=O) groups is 1. The van der Waals surface area contributed by atoms with Gasteiger partial charge in [0.1, 0.15) is 11.5 Å². The van der Waals surface area contributed by atoms with Crippen LogP contribution in [0.3, 0.4) is 0 Å². The molecule has 4 N–H and O–H groups in total. The number of likely N-dealkylation sites (N-methyl/N-ethyl adjacent to an activating group) is 1. The second kappa shape index (κ2) is 9.93. The first-order chi connectivity index (χ1) is 14.4. The molecule has 0 bridgehead atoms. The molecule has 2 aromatic rings. The Morgan fingerprint density at radius 3 is 2.77 bits per heavy atom. The Labute approximate surface area is 176 Å². The van der Waals surface area contributed by atoms with Crippen molar-refractivity contribution in [2.24, 2.45) is 0 Å². The van der Waals surface area contributed by atoms with Crippen molar-refractivity contribution >= 4 is 5.91 Å². The lowest BCUT2D eigenvalue weighted by Gasteiger charge is -2.27. The second-order valence-corrected chi connectivity index (χ2v) is 7.92. The number of rotatable bonds is 8. The average molecular weight is 415 g/mol. The molecule has 1 amide bonds. The summed E-state index contributed by atoms with van der Waals surface area (Å²) in [6.45, 7) is 0.120. The van der Waals surface area contributed by atoms with E-state index in [9.17, 15) is 20.1 Å². The summed E-state index contributed by atoms with van der Waals surface area (Å²) in [6.07, 6.45) is 1.99. The molecule has 30 heavy (non-hydrogen) atoms. The van der Waals surface area contributed by atoms with Gasteiger partial charge in [0.05, 0.1) is 12.7 Å². The Hall–Kier alpha value is -2.61. The highest BCUT2D eigenvalue weighted by Gasteiger charge is 2.20. The zero-order chi connectivity index (χ0) is 21.7. The van der Waals surface area contributed by atoms with E-state index in [0.717, 1.165) is 19.3 Å². The van der Waals surface area contributed by atoms with Gasteiger partial charge in [-0.3, -0.25) is 4.79 Å². The van der Waals surface area contributed by atoms with E-state index >= 15 is 0 Å². The van der Waals surface area contributed by atoms with Crippen LogP contribution in [0.25, 0.3) is 0 Å². The number of ether oxygens (including phenoxy) is 1. The normalized spacial score (nSPS) is 16.6. The fourth-order valence-corrected chi connectivity index (χ4v) is 3.61. The smallest absolute Gasteiger partial charge is 0.259 e. The number of carbonyl (C=O) groups excluding carboxylic acids is 1. The van der Waals surface area contributed by atoms with E-state index in [1.165, 1.54) is 22.1 Å². The predicted molar refractivity (Wildman–Crippen MR) is 113 cm³/mol. The largest absolute Gasteiger partial charge is 0.508 e. The number of aryl methyl sites for hydroxylation is 1. The van der Waals surface area contributed by atoms with Gasteiger partial charge in [-0.2, -0.15) is 0 Å². The summed E-state index contributed by atoms with van der Waals surface area (Å²) in [5.74, 6) is 0.626. The minimum atomic E-state index is -0.732. The lowest BCUT2D eigenvalue weighted by atomic mass is 9.88. The first-order valence-electron chi connectivity index (χ1n) is 10.2. The maximum Gasteiger partial charge on any atom is 0.259 e. The number of aliphatic hydroxyl groups excluding tert-OH is 2. The summed E-state index contributed by atoms with van der Waals surface area (Å²) in [5.41, 5.74) is 3.53. The summed E-state index contributed by atoms with van der Waals surface area (Å²) in [5, 5.41) is 32.9. The lowest BCUT2D eigenvalue weighted by molar-refractivity contribution is -0.130. The van der Waals surface area contributed by atoms with Gasteiger partial charge in [0.2, 0.25) is 0 Å². The molecule has 0 spiro atoms. The van der Waals surface area contributed by atoms with Gasteiger partial charge in [0.25, 0.3) is 5.91 Å². The first kappa shape index (κ1) is 22.1. The summed E-state index contributed by atoms with van der Waals surface area (Å²) in [4.78, 5) is 13.2. The molecule has 3 rings (SSSR count). The Balaban J connectivity index is 1.56. The van der Waals surface area contributed by atoms with E-state index in [1.807, 2.05) is 12.1 Å². The quantitative estimate of drug-likeness (QED) is 0.523. The van der Waals surface area contributed by atoms with Crippen LogP contribution in [0.2, 0.25) is 0 Å². The summed E-state index contributed by atoms with van der Waals surface area (Å²) >= 11 is 0. The van der Waals surface area contributed by atoms with Crippen molar-refractivity contribution in [3.8, 4) is 11.5 Å². The molecule has 0 heterocycles. The van der Waals surface area contributed by atoms with Gasteiger partial charge >= 0.3 is 0 Å². The van der Waals surface area contributed by atoms with E-state index in [1.54, 1.807) is 26.2 Å². The number of amides is 1. The van der Waals surface area contributed by atoms with Gasteiger partial charge in [0, 0.05) is 32.2 Å². The molecule has 2 atom stereocenters. The van der Waals surface area contributed by atoms with Crippen molar-refractivity contribution in [3.63, 3.8) is 0 Å². The van der Waals surface area contributed by atoms with Crippen LogP contribution in [0.4, 0.5) is 0 Å². The van der Waals surface area contributed by atoms with Crippen molar-refractivity contribution in [3.05, 3.63) is 58.7 Å². The minimum Gasteiger partial charge on any atom is -0.508 e. The molecular weight excluding hydrogens is 384 g/mol. The Bertz CT molecular complexity index is 884. The lowest BCUT2D eigenvalue weighted by Crippen LogP contribution is -2.37. The number of hydrogen-bond donors (Lipinski definition) is 4. The van der Waals surface area contributed by atoms with Crippen molar-refractivity contribution in [1.29, 1.82) is 0 Å². The summed E-state index contributed by atoms with van der Waals surface area (Å²) < 4.78 is 5.63. The van der Waals surface area contributed by atoms with E-state index in [-0.39, 0.29) is 30.9 Å². The Kier molecular flexibility index (Phi) is 7.31. The number of hydrogen-bond acceptors (Lipinski definition) is 6. The number of phenols is 1. The number of aliphatic hydroxyl groups is 2. The zero-order valence-electron chi connectivity index (χ0n) is 17.5. The minimum absolute atomic E-state index is 0.0160. The van der Waals surface area contributed by atoms with Crippen LogP contribution in [0, 0.1) is 0 Å². The summed E-state index contributed by atoms with van der Waals surface area (Å²) in [7, 11) is 3.40. The van der Waals surface area contributed by atoms with Gasteiger partial charge in [0.15, 0.2) is 6.61 Å². The maximum absolute atomic E-state index is 11.7. The molecule has 1 aliphatic carbocycles. The van der Waals surface area contributed by atoms with Crippen LogP contribution in [0.1, 0.15) is 34.8 Å². The molecule has 0 aromatic heterocycles. The molecule has 0 fully saturated rings. The van der Waals surface area contributed by atoms with E-state index in [2.05, 4.69) is 11.4 Å². The fourth-order valence-electron chi connectivity index (χ4n) is 3.61. The number of nitrogens with zero attached hydrogens (tertiary/aromatic N) is 1. The van der Waals surface area contributed by atoms with Gasteiger partial charge in [-0.15, -0.1) is 0 Å². The molecule has 0 saturated carbocycles. The monoisotopic (exact) mass is 414 g/mol. The molecule has 162 valence electrons. The Morgan fingerprint density at radius 1 is 1.23 bits per heavy atom. The van der Waals surface area contributed by atoms with Gasteiger partial charge < -0.3 is 30.3 Å². The second-order valence-electron chi connectivity index (χ2n) is 7.92. The van der Waals surface area contributed by atoms with Crippen LogP contribution in [-0.2, 0) is 24.2 Å². The number of fused-ring (bicyclic) bond motifs is 1. The van der Waals surface area contributed by atoms with Crippen molar-refractivity contribution in [2.75, 3.05) is 27.2 Å². The highest BCUT2D eigenvalue weighted by atomic mass is 16.5. The molecule has 0 unspecified atom stereocenters. The topological polar surface area (TPSA) is 102 Å². The van der Waals surface area contributed by atoms with Crippen molar-refractivity contribution in [2.45, 2.75) is 38.0 Å². The molecule has 1 aliphatic rings. The maximum atomic E-state index is 11.7. The third-order valence-corrected chi connectivity index (χ3v) is 5.53. The highest BCUT2D eigenvalue weighted by molar-refractivity contribution is 5.77. The van der Waals surface area contributed by atoms with E-state index in [0.29, 0.717) is 23.4 Å². The van der Waals surface area contributed by atoms with Gasteiger partial charge in [-0.05, 0) is 60.2 Å². The standard InChI is InChI=1S/C23H30N2O5/c1-25(2)23(29)14-30-20-7-4-15-3-6-19(10-17(15)11-20)24-12-22(28)16-5-8-21(27)18(9-16)13-26/h4-5,7-9,11,19,22,24,26-28H,3,6,10,12-14H2,1-2H3/t19-,22-/m0/s1. The van der Waals surface area contributed by atoms with Gasteiger partial charge in [-0.25, -0.2) is 0 Å². The molecule has 2 aromatic carbocycles. The van der Waals surface area contributed by atoms with Crippen molar-refractivity contribution in [1.82, 2.24) is 10.2 Å². The van der Waals surface area contributed by atoms with Crippen LogP contribution in [-0.4, -0.2) is 59.4 Å². The number of aromatic hydroxyl groups is 1. The van der Waals surface area contributed by atoms with Crippen molar-refractivity contribution < 1.29 is 24.9 Å². The van der Waals surface area contributed by atoms with Crippen LogP contribution >= 0.6 is 0 Å². The molecular formula is C23H30N2O5. The van der Waals surface area contributed by atoms with Crippen LogP contribution in [0.15, 0.2) is 36.4 Å². The highest BCUT2D eigenvalue weighted by Crippen LogP contribution is 2.27. The summed E-state index contributed by atoms with van der Waals surface area (Å²) in [6, 6.07) is 11.0. The van der Waals surface area contributed by atoms with E-state index in [4.69, 9.17) is 4.74 Å². The molecule has 0 saturated heterocycles. The first-order valence-corrected chi connectivity index (χ1v) is 10.2. The zero-order valence-corrected chi connectivity index (χ0v) is 17.5. The molecule has 0 aliphatic heterocycles. The Morgan fingerprint density at radius 2 is 2.03 bits per heavy atom. The van der Waals surface area contributed by atoms with E-state index < -0.39 is 6.10 Å². The number of benzene rings is 2. The van der Waals surface area contributed by atoms with Crippen LogP contribution < -0.4 is 10.1 Å². The van der Waals surface area contributed by atoms with Crippen LogP contribution in [0.5, 0.6) is 11.5 Å². The molecule has 7 nitrogen and oxygen atoms in total. The van der Waals surface area contributed by atoms with Gasteiger partial charge in [-0.1, -0.05) is 12.1 Å². The molecule has 7 heteroatoms. The third kappa shape index (κ3) is 5.50. The average Bonchev–Trinajstić information content (AvgIpc) is 2.75. The SMILES string of the molecule is CN(C)C(=O)COc1ccc2c(c1)C[C@@H](NC[C@H](O)c1ccc(O)c(CO)c1)CC2.